The highest BCUT2D eigenvalue weighted by Gasteiger charge is 2.44. The molecule has 0 spiro atoms. The second-order valence-electron chi connectivity index (χ2n) is 4.77. The number of nitrogen functional groups attached to an aromatic ring is 1. The van der Waals surface area contributed by atoms with Gasteiger partial charge in [-0.25, -0.2) is 9.97 Å². The third-order valence-electron chi connectivity index (χ3n) is 3.51. The summed E-state index contributed by atoms with van der Waals surface area (Å²) in [6.45, 7) is -0.449. The minimum absolute atomic E-state index is 0.0195. The summed E-state index contributed by atoms with van der Waals surface area (Å²) in [7, 11) is 0. The summed E-state index contributed by atoms with van der Waals surface area (Å²) < 4.78 is 6.72. The van der Waals surface area contributed by atoms with E-state index in [9.17, 15) is 15.0 Å². The van der Waals surface area contributed by atoms with Gasteiger partial charge in [0.15, 0.2) is 17.5 Å². The average molecular weight is 294 g/mol. The molecule has 21 heavy (non-hydrogen) atoms. The van der Waals surface area contributed by atoms with Gasteiger partial charge < -0.3 is 25.8 Å². The van der Waals surface area contributed by atoms with Crippen molar-refractivity contribution in [2.75, 3.05) is 12.3 Å². The molecule has 3 heterocycles. The molecule has 0 aliphatic carbocycles. The number of aliphatic hydroxyl groups excluding tert-OH is 3. The van der Waals surface area contributed by atoms with Crippen LogP contribution in [0, 0.1) is 0 Å². The SMILES string of the molecule is Nc1ncn(C2O[C@H](CO)[C@@H](O)[C@H]2O)c2nccc(=O)c1-2. The van der Waals surface area contributed by atoms with Crippen molar-refractivity contribution in [3.8, 4) is 11.4 Å². The first kappa shape index (κ1) is 13.9. The Bertz CT molecular complexity index is 690. The number of aromatic nitrogens is 3. The Balaban J connectivity index is 2.12. The van der Waals surface area contributed by atoms with Gasteiger partial charge in [-0.1, -0.05) is 0 Å². The Morgan fingerprint density at radius 2 is 2.10 bits per heavy atom. The van der Waals surface area contributed by atoms with Crippen LogP contribution in [0.5, 0.6) is 0 Å². The number of aliphatic hydroxyl groups is 3. The number of hydrogen-bond donors (Lipinski definition) is 4. The van der Waals surface area contributed by atoms with Crippen LogP contribution >= 0.6 is 0 Å². The largest absolute Gasteiger partial charge is 0.394 e. The van der Waals surface area contributed by atoms with Gasteiger partial charge in [-0.05, 0) is 0 Å². The van der Waals surface area contributed by atoms with E-state index in [1.54, 1.807) is 0 Å². The van der Waals surface area contributed by atoms with Gasteiger partial charge in [0, 0.05) is 12.3 Å². The quantitative estimate of drug-likeness (QED) is 0.495. The molecule has 0 aromatic rings. The van der Waals surface area contributed by atoms with Crippen LogP contribution in [0.4, 0.5) is 5.82 Å². The summed E-state index contributed by atoms with van der Waals surface area (Å²) in [5, 5.41) is 28.9. The van der Waals surface area contributed by atoms with Crippen molar-refractivity contribution in [2.24, 2.45) is 0 Å². The lowest BCUT2D eigenvalue weighted by Gasteiger charge is -2.22. The van der Waals surface area contributed by atoms with Gasteiger partial charge in [-0.15, -0.1) is 0 Å². The van der Waals surface area contributed by atoms with Crippen molar-refractivity contribution >= 4 is 5.82 Å². The molecule has 1 unspecified atom stereocenters. The number of fused-ring (bicyclic) bond motifs is 1. The summed E-state index contributed by atoms with van der Waals surface area (Å²) in [6, 6.07) is 1.25. The Morgan fingerprint density at radius 3 is 2.76 bits per heavy atom. The second-order valence-corrected chi connectivity index (χ2v) is 4.77. The van der Waals surface area contributed by atoms with Gasteiger partial charge in [0.1, 0.15) is 36.0 Å². The molecule has 3 aliphatic heterocycles. The molecule has 9 nitrogen and oxygen atoms in total. The first-order valence-electron chi connectivity index (χ1n) is 6.28. The van der Waals surface area contributed by atoms with Gasteiger partial charge in [0.25, 0.3) is 0 Å². The van der Waals surface area contributed by atoms with Crippen molar-refractivity contribution in [3.63, 3.8) is 0 Å². The molecule has 3 rings (SSSR count). The first-order chi connectivity index (χ1) is 10.0. The molecule has 0 aromatic heterocycles. The van der Waals surface area contributed by atoms with Crippen molar-refractivity contribution in [3.05, 3.63) is 28.8 Å². The molecule has 0 bridgehead atoms. The van der Waals surface area contributed by atoms with Gasteiger partial charge in [0.2, 0.25) is 0 Å². The zero-order valence-electron chi connectivity index (χ0n) is 10.8. The maximum absolute atomic E-state index is 11.9. The van der Waals surface area contributed by atoms with Crippen molar-refractivity contribution < 1.29 is 20.1 Å². The lowest BCUT2D eigenvalue weighted by Crippen LogP contribution is -2.33. The van der Waals surface area contributed by atoms with Crippen LogP contribution in [-0.4, -0.2) is 54.8 Å². The van der Waals surface area contributed by atoms with E-state index in [1.807, 2.05) is 0 Å². The van der Waals surface area contributed by atoms with Crippen molar-refractivity contribution in [1.29, 1.82) is 0 Å². The summed E-state index contributed by atoms with van der Waals surface area (Å²) in [4.78, 5) is 19.8. The Labute approximate surface area is 118 Å². The Kier molecular flexibility index (Phi) is 3.33. The molecule has 5 N–H and O–H groups in total. The third-order valence-corrected chi connectivity index (χ3v) is 3.51. The molecule has 0 radical (unpaired) electrons. The number of rotatable bonds is 2. The number of nitrogens with two attached hydrogens (primary N) is 1. The Morgan fingerprint density at radius 1 is 1.33 bits per heavy atom. The zero-order valence-corrected chi connectivity index (χ0v) is 10.8. The van der Waals surface area contributed by atoms with Crippen LogP contribution < -0.4 is 11.2 Å². The fraction of sp³-hybridized carbons (Fsp3) is 0.417. The lowest BCUT2D eigenvalue weighted by atomic mass is 10.1. The standard InChI is InChI=1S/C12H14N4O5/c13-10-7-5(18)1-2-14-11(7)16(4-15-10)12-9(20)8(19)6(3-17)21-12/h1-2,4,6,8-9,12,17,19-20H,3,13H2/t6-,8-,9-,12?/m1/s1. The summed E-state index contributed by atoms with van der Waals surface area (Å²) >= 11 is 0. The molecule has 0 aromatic carbocycles. The fourth-order valence-corrected chi connectivity index (χ4v) is 2.41. The van der Waals surface area contributed by atoms with E-state index < -0.39 is 31.1 Å². The van der Waals surface area contributed by atoms with E-state index in [1.165, 1.54) is 23.2 Å². The predicted octanol–water partition coefficient (Wildman–Crippen LogP) is -2.06. The fourth-order valence-electron chi connectivity index (χ4n) is 2.41. The maximum atomic E-state index is 11.9. The van der Waals surface area contributed by atoms with E-state index in [0.29, 0.717) is 0 Å². The van der Waals surface area contributed by atoms with Gasteiger partial charge in [-0.3, -0.25) is 9.36 Å². The second kappa shape index (κ2) is 5.04. The van der Waals surface area contributed by atoms with Crippen molar-refractivity contribution in [1.82, 2.24) is 14.5 Å². The normalized spacial score (nSPS) is 29.1. The highest BCUT2D eigenvalue weighted by molar-refractivity contribution is 5.68. The van der Waals surface area contributed by atoms with E-state index in [0.717, 1.165) is 0 Å². The number of ether oxygens (including phenoxy) is 1. The molecule has 1 saturated heterocycles. The molecule has 0 saturated carbocycles. The van der Waals surface area contributed by atoms with E-state index in [2.05, 4.69) is 9.97 Å². The smallest absolute Gasteiger partial charge is 0.194 e. The molecule has 9 heteroatoms. The van der Waals surface area contributed by atoms with E-state index in [4.69, 9.17) is 15.6 Å². The average Bonchev–Trinajstić information content (AvgIpc) is 2.76. The topological polar surface area (TPSA) is 144 Å². The molecule has 3 aliphatic rings. The summed E-state index contributed by atoms with van der Waals surface area (Å²) in [5.74, 6) is 0.205. The van der Waals surface area contributed by atoms with Gasteiger partial charge in [0.05, 0.1) is 6.61 Å². The summed E-state index contributed by atoms with van der Waals surface area (Å²) in [5.41, 5.74) is 5.44. The van der Waals surface area contributed by atoms with Crippen LogP contribution in [0.15, 0.2) is 23.4 Å². The molecular weight excluding hydrogens is 280 g/mol. The van der Waals surface area contributed by atoms with Crippen LogP contribution in [0.1, 0.15) is 6.23 Å². The van der Waals surface area contributed by atoms with Crippen LogP contribution in [0.25, 0.3) is 11.4 Å². The minimum atomic E-state index is -1.29. The third kappa shape index (κ3) is 2.07. The number of pyridine rings is 1. The number of nitrogens with zero attached hydrogens (tertiary/aromatic N) is 3. The van der Waals surface area contributed by atoms with Crippen molar-refractivity contribution in [2.45, 2.75) is 24.5 Å². The van der Waals surface area contributed by atoms with Gasteiger partial charge in [-0.2, -0.15) is 0 Å². The lowest BCUT2D eigenvalue weighted by molar-refractivity contribution is -0.0529. The van der Waals surface area contributed by atoms with E-state index in [-0.39, 0.29) is 22.6 Å². The molecule has 1 fully saturated rings. The predicted molar refractivity (Wildman–Crippen MR) is 70.3 cm³/mol. The Hall–Kier alpha value is -2.07. The molecule has 112 valence electrons. The van der Waals surface area contributed by atoms with Crippen LogP contribution in [0.2, 0.25) is 0 Å². The van der Waals surface area contributed by atoms with E-state index >= 15 is 0 Å². The number of hydrogen-bond acceptors (Lipinski definition) is 8. The maximum Gasteiger partial charge on any atom is 0.194 e. The molecular formula is C12H14N4O5. The molecule has 4 atom stereocenters. The summed E-state index contributed by atoms with van der Waals surface area (Å²) in [6.07, 6.45) is -1.93. The first-order valence-corrected chi connectivity index (χ1v) is 6.28. The molecule has 0 amide bonds. The zero-order chi connectivity index (χ0) is 15.1. The van der Waals surface area contributed by atoms with Crippen LogP contribution in [0.3, 0.4) is 0 Å². The highest BCUT2D eigenvalue weighted by Crippen LogP contribution is 2.32. The van der Waals surface area contributed by atoms with Crippen LogP contribution in [-0.2, 0) is 4.74 Å². The minimum Gasteiger partial charge on any atom is -0.394 e. The monoisotopic (exact) mass is 294 g/mol. The van der Waals surface area contributed by atoms with Gasteiger partial charge >= 0.3 is 0 Å². The highest BCUT2D eigenvalue weighted by atomic mass is 16.6. The number of anilines is 1.